The third-order valence-electron chi connectivity index (χ3n) is 2.73. The molecule has 1 unspecified atom stereocenters. The molecule has 7 heteroatoms. The molecule has 0 amide bonds. The highest BCUT2D eigenvalue weighted by Gasteiger charge is 2.49. The third-order valence-corrected chi connectivity index (χ3v) is 4.82. The number of aromatic nitrogens is 2. The quantitative estimate of drug-likeness (QED) is 0.854. The van der Waals surface area contributed by atoms with Gasteiger partial charge in [0.05, 0.1) is 0 Å². The van der Waals surface area contributed by atoms with Gasteiger partial charge in [-0.2, -0.15) is 0 Å². The summed E-state index contributed by atoms with van der Waals surface area (Å²) in [7, 11) is 1.50. The number of nitrogens with zero attached hydrogens (tertiary/aromatic N) is 1. The Balaban J connectivity index is 2.39. The molecule has 2 rings (SSSR count). The summed E-state index contributed by atoms with van der Waals surface area (Å²) in [5, 5.41) is -0.0538. The molecule has 1 N–H and O–H groups in total. The number of nitrogens with one attached hydrogen (secondary N) is 1. The Morgan fingerprint density at radius 3 is 2.47 bits per heavy atom. The smallest absolute Gasteiger partial charge is 0.279 e. The maximum absolute atomic E-state index is 11.1. The van der Waals surface area contributed by atoms with Crippen LogP contribution in [0.2, 0.25) is 0 Å². The second kappa shape index (κ2) is 3.21. The summed E-state index contributed by atoms with van der Waals surface area (Å²) in [5.41, 5.74) is 0.199. The molecule has 1 aromatic heterocycles. The second-order valence-electron chi connectivity index (χ2n) is 4.43. The first-order valence-corrected chi connectivity index (χ1v) is 7.52. The fourth-order valence-electron chi connectivity index (χ4n) is 1.61. The maximum Gasteiger partial charge on any atom is 0.279 e. The summed E-state index contributed by atoms with van der Waals surface area (Å²) in [6, 6.07) is 0. The molecular formula is C8H10BrClN2O2S. The number of rotatable bonds is 2. The van der Waals surface area contributed by atoms with Crippen molar-refractivity contribution in [2.24, 2.45) is 5.41 Å². The Hall–Kier alpha value is -0.0700. The minimum Gasteiger partial charge on any atom is -0.331 e. The summed E-state index contributed by atoms with van der Waals surface area (Å²) in [6.45, 7) is 4.23. The van der Waals surface area contributed by atoms with Gasteiger partial charge in [-0.1, -0.05) is 13.8 Å². The number of H-pyrrole nitrogens is 1. The van der Waals surface area contributed by atoms with Crippen molar-refractivity contribution in [3.05, 3.63) is 10.4 Å². The van der Waals surface area contributed by atoms with E-state index in [-0.39, 0.29) is 15.0 Å². The van der Waals surface area contributed by atoms with Crippen molar-refractivity contribution in [3.8, 4) is 0 Å². The lowest BCUT2D eigenvalue weighted by molar-refractivity contribution is 0.601. The molecule has 1 atom stereocenters. The van der Waals surface area contributed by atoms with Gasteiger partial charge in [0.25, 0.3) is 9.05 Å². The van der Waals surface area contributed by atoms with Crippen LogP contribution in [-0.2, 0) is 9.05 Å². The van der Waals surface area contributed by atoms with Gasteiger partial charge in [0.2, 0.25) is 0 Å². The summed E-state index contributed by atoms with van der Waals surface area (Å²) >= 11 is 3.08. The third kappa shape index (κ3) is 2.07. The lowest BCUT2D eigenvalue weighted by atomic mass is 10.1. The zero-order chi connectivity index (χ0) is 11.4. The van der Waals surface area contributed by atoms with Crippen LogP contribution in [0.4, 0.5) is 0 Å². The van der Waals surface area contributed by atoms with E-state index >= 15 is 0 Å². The minimum atomic E-state index is -3.75. The monoisotopic (exact) mass is 312 g/mol. The van der Waals surface area contributed by atoms with E-state index in [0.717, 1.165) is 6.42 Å². The molecule has 1 aliphatic carbocycles. The molecule has 0 spiro atoms. The Labute approximate surface area is 101 Å². The van der Waals surface area contributed by atoms with Crippen LogP contribution in [0.25, 0.3) is 0 Å². The van der Waals surface area contributed by atoms with Gasteiger partial charge in [-0.25, -0.2) is 13.4 Å². The van der Waals surface area contributed by atoms with Crippen molar-refractivity contribution in [2.75, 3.05) is 0 Å². The van der Waals surface area contributed by atoms with Crippen LogP contribution in [0, 0.1) is 5.41 Å². The van der Waals surface area contributed by atoms with Gasteiger partial charge in [0, 0.05) is 16.6 Å². The molecular weight excluding hydrogens is 304 g/mol. The van der Waals surface area contributed by atoms with Crippen molar-refractivity contribution in [2.45, 2.75) is 31.2 Å². The largest absolute Gasteiger partial charge is 0.331 e. The SMILES string of the molecule is CC1(C)CC1c1nc(Br)c(S(=O)(=O)Cl)[nH]1. The lowest BCUT2D eigenvalue weighted by Crippen LogP contribution is -1.94. The van der Waals surface area contributed by atoms with E-state index < -0.39 is 9.05 Å². The average molecular weight is 314 g/mol. The van der Waals surface area contributed by atoms with Crippen LogP contribution in [0.5, 0.6) is 0 Å². The fourth-order valence-corrected chi connectivity index (χ4v) is 3.63. The predicted molar refractivity (Wildman–Crippen MR) is 60.5 cm³/mol. The average Bonchev–Trinajstić information content (AvgIpc) is 2.52. The second-order valence-corrected chi connectivity index (χ2v) is 7.68. The first-order valence-electron chi connectivity index (χ1n) is 4.42. The molecule has 1 aromatic rings. The van der Waals surface area contributed by atoms with Gasteiger partial charge in [-0.3, -0.25) is 0 Å². The Morgan fingerprint density at radius 2 is 2.13 bits per heavy atom. The number of hydrogen-bond donors (Lipinski definition) is 1. The van der Waals surface area contributed by atoms with Crippen LogP contribution in [-0.4, -0.2) is 18.4 Å². The Bertz CT molecular complexity index is 509. The fraction of sp³-hybridized carbons (Fsp3) is 0.625. The highest BCUT2D eigenvalue weighted by Crippen LogP contribution is 2.58. The molecule has 0 bridgehead atoms. The Kier molecular flexibility index (Phi) is 2.44. The van der Waals surface area contributed by atoms with E-state index in [1.165, 1.54) is 0 Å². The normalized spacial score (nSPS) is 24.1. The number of hydrogen-bond acceptors (Lipinski definition) is 3. The van der Waals surface area contributed by atoms with Crippen LogP contribution in [0.15, 0.2) is 9.63 Å². The van der Waals surface area contributed by atoms with Crippen LogP contribution >= 0.6 is 26.6 Å². The number of aromatic amines is 1. The summed E-state index contributed by atoms with van der Waals surface area (Å²) < 4.78 is 22.5. The van der Waals surface area contributed by atoms with Crippen molar-refractivity contribution in [1.82, 2.24) is 9.97 Å². The van der Waals surface area contributed by atoms with Gasteiger partial charge < -0.3 is 4.98 Å². The van der Waals surface area contributed by atoms with E-state index in [9.17, 15) is 8.42 Å². The van der Waals surface area contributed by atoms with Crippen LogP contribution in [0.1, 0.15) is 32.0 Å². The first kappa shape index (κ1) is 11.4. The lowest BCUT2D eigenvalue weighted by Gasteiger charge is -1.98. The molecule has 1 heterocycles. The highest BCUT2D eigenvalue weighted by atomic mass is 79.9. The molecule has 15 heavy (non-hydrogen) atoms. The van der Waals surface area contributed by atoms with Crippen molar-refractivity contribution in [1.29, 1.82) is 0 Å². The van der Waals surface area contributed by atoms with E-state index in [1.54, 1.807) is 0 Å². The molecule has 1 aliphatic rings. The summed E-state index contributed by atoms with van der Waals surface area (Å²) in [5.74, 6) is 0.979. The molecule has 0 aromatic carbocycles. The standard InChI is InChI=1S/C8H10BrClN2O2S/c1-8(2)3-4(8)6-11-5(9)7(12-6)15(10,13)14/h4H,3H2,1-2H3,(H,11,12). The number of halogens is 2. The maximum atomic E-state index is 11.1. The van der Waals surface area contributed by atoms with E-state index in [0.29, 0.717) is 11.7 Å². The summed E-state index contributed by atoms with van der Waals surface area (Å²) in [6.07, 6.45) is 1.01. The molecule has 84 valence electrons. The van der Waals surface area contributed by atoms with Gasteiger partial charge in [0.15, 0.2) is 5.03 Å². The van der Waals surface area contributed by atoms with Gasteiger partial charge in [-0.05, 0) is 27.8 Å². The van der Waals surface area contributed by atoms with Gasteiger partial charge in [0.1, 0.15) is 10.4 Å². The van der Waals surface area contributed by atoms with Crippen LogP contribution < -0.4 is 0 Å². The topological polar surface area (TPSA) is 62.8 Å². The summed E-state index contributed by atoms with van der Waals surface area (Å²) in [4.78, 5) is 6.89. The van der Waals surface area contributed by atoms with Crippen LogP contribution in [0.3, 0.4) is 0 Å². The molecule has 0 saturated heterocycles. The van der Waals surface area contributed by atoms with Gasteiger partial charge >= 0.3 is 0 Å². The van der Waals surface area contributed by atoms with E-state index in [4.69, 9.17) is 10.7 Å². The molecule has 1 fully saturated rings. The molecule has 0 aliphatic heterocycles. The van der Waals surface area contributed by atoms with E-state index in [2.05, 4.69) is 39.7 Å². The van der Waals surface area contributed by atoms with Crippen molar-refractivity contribution < 1.29 is 8.42 Å². The van der Waals surface area contributed by atoms with E-state index in [1.807, 2.05) is 0 Å². The Morgan fingerprint density at radius 1 is 1.60 bits per heavy atom. The van der Waals surface area contributed by atoms with Gasteiger partial charge in [-0.15, -0.1) is 0 Å². The first-order chi connectivity index (χ1) is 6.72. The minimum absolute atomic E-state index is 0.0538. The zero-order valence-electron chi connectivity index (χ0n) is 8.21. The molecule has 0 radical (unpaired) electrons. The molecule has 1 saturated carbocycles. The van der Waals surface area contributed by atoms with Crippen molar-refractivity contribution in [3.63, 3.8) is 0 Å². The highest BCUT2D eigenvalue weighted by molar-refractivity contribution is 9.10. The number of imidazole rings is 1. The molecule has 4 nitrogen and oxygen atoms in total. The van der Waals surface area contributed by atoms with Crippen molar-refractivity contribution >= 4 is 35.7 Å². The predicted octanol–water partition coefficient (Wildman–Crippen LogP) is 2.61. The zero-order valence-corrected chi connectivity index (χ0v) is 11.4.